The standard InChI is InChI=1S/C43H87NO3Si3/c1-17-18-19-20-21-22-23-24-25-26-27-31-34-39(46-49(13,14)42(5,6)7)40(47-50(15,16)43(8,9)10)38(36-45-48(11,12)41(2,3)4)44-35-37-32-29-28-30-33-37/h28-30,32-33,38-40,44H,17-27,31,34-36H2,1-16H3/t38-,39-,40-/m0/s1. The van der Waals surface area contributed by atoms with E-state index < -0.39 is 25.0 Å². The van der Waals surface area contributed by atoms with Crippen LogP contribution < -0.4 is 5.32 Å². The molecule has 0 fully saturated rings. The summed E-state index contributed by atoms with van der Waals surface area (Å²) < 4.78 is 22.2. The summed E-state index contributed by atoms with van der Waals surface area (Å²) in [6.45, 7) is 39.4. The van der Waals surface area contributed by atoms with Gasteiger partial charge in [-0.25, -0.2) is 0 Å². The highest BCUT2D eigenvalue weighted by Crippen LogP contribution is 2.42. The van der Waals surface area contributed by atoms with Crippen molar-refractivity contribution in [2.24, 2.45) is 0 Å². The molecule has 294 valence electrons. The minimum atomic E-state index is -2.17. The Labute approximate surface area is 316 Å². The Bertz CT molecular complexity index is 1020. The predicted octanol–water partition coefficient (Wildman–Crippen LogP) is 14.0. The molecule has 3 atom stereocenters. The highest BCUT2D eigenvalue weighted by atomic mass is 28.4. The third kappa shape index (κ3) is 17.2. The van der Waals surface area contributed by atoms with Crippen LogP contribution >= 0.6 is 0 Å². The van der Waals surface area contributed by atoms with Crippen molar-refractivity contribution in [1.29, 1.82) is 0 Å². The molecule has 0 saturated heterocycles. The van der Waals surface area contributed by atoms with Crippen molar-refractivity contribution in [3.05, 3.63) is 35.9 Å². The average molecular weight is 750 g/mol. The van der Waals surface area contributed by atoms with Crippen molar-refractivity contribution < 1.29 is 13.3 Å². The number of hydrogen-bond acceptors (Lipinski definition) is 4. The van der Waals surface area contributed by atoms with E-state index in [1.807, 2.05) is 0 Å². The minimum absolute atomic E-state index is 0.0180. The number of benzene rings is 1. The van der Waals surface area contributed by atoms with E-state index in [1.54, 1.807) is 0 Å². The Morgan fingerprint density at radius 2 is 0.980 bits per heavy atom. The van der Waals surface area contributed by atoms with Crippen molar-refractivity contribution >= 4 is 25.0 Å². The van der Waals surface area contributed by atoms with Crippen LogP contribution in [0.3, 0.4) is 0 Å². The molecule has 1 N–H and O–H groups in total. The molecule has 0 radical (unpaired) electrons. The zero-order chi connectivity index (χ0) is 38.3. The van der Waals surface area contributed by atoms with Gasteiger partial charge in [0.1, 0.15) is 0 Å². The molecule has 1 rings (SSSR count). The number of hydrogen-bond donors (Lipinski definition) is 1. The molecule has 7 heteroatoms. The third-order valence-corrected chi connectivity index (χ3v) is 25.9. The van der Waals surface area contributed by atoms with Gasteiger partial charge in [0.25, 0.3) is 0 Å². The SMILES string of the molecule is CCCCCCCCCCCCCC[C@H](O[Si](C)(C)C(C)(C)C)[C@@H](O[Si](C)(C)C(C)(C)C)[C@H](CO[Si](C)(C)C(C)(C)C)NCc1ccccc1. The molecule has 0 aliphatic rings. The lowest BCUT2D eigenvalue weighted by atomic mass is 9.99. The number of unbranched alkanes of at least 4 members (excludes halogenated alkanes) is 11. The van der Waals surface area contributed by atoms with Gasteiger partial charge >= 0.3 is 0 Å². The Hall–Kier alpha value is -0.289. The number of rotatable bonds is 25. The van der Waals surface area contributed by atoms with Gasteiger partial charge in [0.15, 0.2) is 25.0 Å². The van der Waals surface area contributed by atoms with Gasteiger partial charge in [-0.3, -0.25) is 0 Å². The van der Waals surface area contributed by atoms with Crippen LogP contribution in [0.15, 0.2) is 30.3 Å². The van der Waals surface area contributed by atoms with Gasteiger partial charge in [-0.05, 0) is 66.4 Å². The van der Waals surface area contributed by atoms with Gasteiger partial charge in [-0.15, -0.1) is 0 Å². The van der Waals surface area contributed by atoms with E-state index in [2.05, 4.69) is 144 Å². The quantitative estimate of drug-likeness (QED) is 0.0798. The summed E-state index contributed by atoms with van der Waals surface area (Å²) in [6.07, 6.45) is 17.3. The Kier molecular flexibility index (Phi) is 20.6. The maximum absolute atomic E-state index is 7.59. The zero-order valence-corrected chi connectivity index (χ0v) is 39.5. The van der Waals surface area contributed by atoms with Gasteiger partial charge in [0.05, 0.1) is 24.9 Å². The van der Waals surface area contributed by atoms with Gasteiger partial charge in [0.2, 0.25) is 0 Å². The maximum Gasteiger partial charge on any atom is 0.192 e. The minimum Gasteiger partial charge on any atom is -0.415 e. The second-order valence-corrected chi connectivity index (χ2v) is 34.3. The van der Waals surface area contributed by atoms with E-state index >= 15 is 0 Å². The molecule has 0 bridgehead atoms. The third-order valence-electron chi connectivity index (χ3n) is 12.4. The van der Waals surface area contributed by atoms with Crippen LogP contribution in [0.4, 0.5) is 0 Å². The summed E-state index contributed by atoms with van der Waals surface area (Å²) in [5.41, 5.74) is 1.29. The summed E-state index contributed by atoms with van der Waals surface area (Å²) in [5.74, 6) is 0. The van der Waals surface area contributed by atoms with Crippen LogP contribution in [0.5, 0.6) is 0 Å². The van der Waals surface area contributed by atoms with Crippen LogP contribution in [0.2, 0.25) is 54.4 Å². The fourth-order valence-electron chi connectivity index (χ4n) is 5.60. The largest absolute Gasteiger partial charge is 0.415 e. The van der Waals surface area contributed by atoms with Crippen molar-refractivity contribution in [3.63, 3.8) is 0 Å². The molecule has 1 aromatic carbocycles. The second kappa shape index (κ2) is 21.6. The molecule has 4 nitrogen and oxygen atoms in total. The fraction of sp³-hybridized carbons (Fsp3) is 0.860. The summed E-state index contributed by atoms with van der Waals surface area (Å²) in [5, 5.41) is 4.36. The molecule has 1 aromatic rings. The van der Waals surface area contributed by atoms with E-state index in [0.29, 0.717) is 6.61 Å². The Morgan fingerprint density at radius 1 is 0.560 bits per heavy atom. The van der Waals surface area contributed by atoms with Crippen molar-refractivity contribution in [2.75, 3.05) is 6.61 Å². The Balaban J connectivity index is 3.37. The van der Waals surface area contributed by atoms with Gasteiger partial charge in [0, 0.05) is 6.54 Å². The summed E-state index contributed by atoms with van der Waals surface area (Å²) in [4.78, 5) is 0. The zero-order valence-electron chi connectivity index (χ0n) is 36.5. The normalized spacial score (nSPS) is 15.7. The first kappa shape index (κ1) is 47.7. The first-order chi connectivity index (χ1) is 23.0. The van der Waals surface area contributed by atoms with E-state index in [-0.39, 0.29) is 33.4 Å². The molecule has 0 unspecified atom stereocenters. The lowest BCUT2D eigenvalue weighted by Gasteiger charge is -2.48. The molecular weight excluding hydrogens is 663 g/mol. The summed E-state index contributed by atoms with van der Waals surface area (Å²) in [6, 6.07) is 10.8. The van der Waals surface area contributed by atoms with Crippen LogP contribution in [0.1, 0.15) is 158 Å². The second-order valence-electron chi connectivity index (χ2n) is 20.0. The molecule has 0 heterocycles. The van der Waals surface area contributed by atoms with Crippen LogP contribution in [-0.2, 0) is 19.8 Å². The van der Waals surface area contributed by atoms with Crippen molar-refractivity contribution in [1.82, 2.24) is 5.32 Å². The lowest BCUT2D eigenvalue weighted by Crippen LogP contribution is -2.60. The molecule has 0 saturated carbocycles. The van der Waals surface area contributed by atoms with E-state index in [1.165, 1.54) is 82.6 Å². The van der Waals surface area contributed by atoms with E-state index in [0.717, 1.165) is 13.0 Å². The molecule has 0 aromatic heterocycles. The molecule has 0 aliphatic carbocycles. The van der Waals surface area contributed by atoms with Crippen molar-refractivity contribution in [2.45, 2.75) is 232 Å². The predicted molar refractivity (Wildman–Crippen MR) is 230 cm³/mol. The molecule has 0 amide bonds. The average Bonchev–Trinajstić information content (AvgIpc) is 2.99. The fourth-order valence-corrected chi connectivity index (χ4v) is 9.34. The highest BCUT2D eigenvalue weighted by Gasteiger charge is 2.47. The molecule has 0 spiro atoms. The van der Waals surface area contributed by atoms with Crippen LogP contribution in [0, 0.1) is 0 Å². The summed E-state index contributed by atoms with van der Waals surface area (Å²) >= 11 is 0. The monoisotopic (exact) mass is 750 g/mol. The molecule has 50 heavy (non-hydrogen) atoms. The van der Waals surface area contributed by atoms with Crippen molar-refractivity contribution in [3.8, 4) is 0 Å². The first-order valence-corrected chi connectivity index (χ1v) is 29.4. The molecule has 0 aliphatic heterocycles. The summed E-state index contributed by atoms with van der Waals surface area (Å²) in [7, 11) is -6.27. The lowest BCUT2D eigenvalue weighted by molar-refractivity contribution is -0.00578. The highest BCUT2D eigenvalue weighted by molar-refractivity contribution is 6.75. The smallest absolute Gasteiger partial charge is 0.192 e. The first-order valence-electron chi connectivity index (χ1n) is 20.7. The maximum atomic E-state index is 7.59. The molecular formula is C43H87NO3Si3. The van der Waals surface area contributed by atoms with Gasteiger partial charge in [-0.2, -0.15) is 0 Å². The topological polar surface area (TPSA) is 39.7 Å². The van der Waals surface area contributed by atoms with E-state index in [4.69, 9.17) is 13.3 Å². The van der Waals surface area contributed by atoms with Gasteiger partial charge in [-0.1, -0.05) is 177 Å². The van der Waals surface area contributed by atoms with E-state index in [9.17, 15) is 0 Å². The Morgan fingerprint density at radius 3 is 1.42 bits per heavy atom. The van der Waals surface area contributed by atoms with Gasteiger partial charge < -0.3 is 18.6 Å². The number of nitrogens with one attached hydrogen (secondary N) is 1. The van der Waals surface area contributed by atoms with Crippen LogP contribution in [0.25, 0.3) is 0 Å². The van der Waals surface area contributed by atoms with Crippen LogP contribution in [-0.4, -0.2) is 49.8 Å².